The Morgan fingerprint density at radius 3 is 2.40 bits per heavy atom. The number of benzene rings is 1. The zero-order chi connectivity index (χ0) is 15.1. The smallest absolute Gasteiger partial charge is 0.306 e. The van der Waals surface area contributed by atoms with Gasteiger partial charge in [-0.2, -0.15) is 0 Å². The van der Waals surface area contributed by atoms with E-state index in [0.717, 1.165) is 5.56 Å². The molecule has 0 spiro atoms. The summed E-state index contributed by atoms with van der Waals surface area (Å²) in [5.74, 6) is 0.0978. The van der Waals surface area contributed by atoms with E-state index in [-0.39, 0.29) is 6.42 Å². The lowest BCUT2D eigenvalue weighted by Crippen LogP contribution is -2.30. The molecule has 0 saturated heterocycles. The quantitative estimate of drug-likeness (QED) is 0.755. The fraction of sp³-hybridized carbons (Fsp3) is 0.429. The molecule has 2 N–H and O–H groups in total. The first-order chi connectivity index (χ1) is 9.47. The van der Waals surface area contributed by atoms with Crippen LogP contribution in [0.1, 0.15) is 18.9 Å². The van der Waals surface area contributed by atoms with Crippen LogP contribution in [0.4, 0.5) is 0 Å². The molecule has 0 bridgehead atoms. The van der Waals surface area contributed by atoms with E-state index < -0.39 is 18.0 Å². The minimum absolute atomic E-state index is 0.160. The highest BCUT2D eigenvalue weighted by Crippen LogP contribution is 2.27. The first kappa shape index (κ1) is 15.8. The second kappa shape index (κ2) is 7.37. The third kappa shape index (κ3) is 4.46. The number of ether oxygens (including phenoxy) is 3. The van der Waals surface area contributed by atoms with Gasteiger partial charge in [-0.05, 0) is 31.0 Å². The van der Waals surface area contributed by atoms with E-state index in [0.29, 0.717) is 17.9 Å². The third-order valence-electron chi connectivity index (χ3n) is 2.77. The zero-order valence-electron chi connectivity index (χ0n) is 11.8. The van der Waals surface area contributed by atoms with Gasteiger partial charge in [0.25, 0.3) is 5.91 Å². The number of hydrogen-bond donors (Lipinski definition) is 1. The highest BCUT2D eigenvalue weighted by molar-refractivity contribution is 5.81. The summed E-state index contributed by atoms with van der Waals surface area (Å²) in [6.07, 6.45) is -0.273. The van der Waals surface area contributed by atoms with E-state index in [1.807, 2.05) is 6.07 Å². The summed E-state index contributed by atoms with van der Waals surface area (Å²) in [7, 11) is 3.10. The Bertz CT molecular complexity index is 486. The Labute approximate surface area is 117 Å². The molecule has 0 saturated carbocycles. The van der Waals surface area contributed by atoms with Crippen molar-refractivity contribution in [3.05, 3.63) is 23.8 Å². The Morgan fingerprint density at radius 1 is 1.20 bits per heavy atom. The standard InChI is InChI=1S/C14H19NO5/c1-9(14(15)17)20-13(16)7-5-10-4-6-11(18-2)12(8-10)19-3/h4,6,8-9H,5,7H2,1-3H3,(H2,15,17)/t9-/m1/s1. The van der Waals surface area contributed by atoms with Crippen LogP contribution in [-0.4, -0.2) is 32.2 Å². The first-order valence-corrected chi connectivity index (χ1v) is 6.17. The first-order valence-electron chi connectivity index (χ1n) is 6.17. The summed E-state index contributed by atoms with van der Waals surface area (Å²) in [6, 6.07) is 5.40. The maximum atomic E-state index is 11.5. The van der Waals surface area contributed by atoms with Gasteiger partial charge in [0.05, 0.1) is 14.2 Å². The summed E-state index contributed by atoms with van der Waals surface area (Å²) >= 11 is 0. The van der Waals surface area contributed by atoms with E-state index in [2.05, 4.69) is 0 Å². The fourth-order valence-corrected chi connectivity index (χ4v) is 1.60. The van der Waals surface area contributed by atoms with Crippen molar-refractivity contribution in [1.82, 2.24) is 0 Å². The number of aryl methyl sites for hydroxylation is 1. The summed E-state index contributed by atoms with van der Waals surface area (Å²) in [5.41, 5.74) is 5.92. The van der Waals surface area contributed by atoms with Crippen LogP contribution in [-0.2, 0) is 20.7 Å². The number of methoxy groups -OCH3 is 2. The average Bonchev–Trinajstić information content (AvgIpc) is 2.44. The van der Waals surface area contributed by atoms with Crippen molar-refractivity contribution in [1.29, 1.82) is 0 Å². The van der Waals surface area contributed by atoms with Crippen LogP contribution in [0.25, 0.3) is 0 Å². The molecule has 0 aromatic heterocycles. The molecule has 6 nitrogen and oxygen atoms in total. The van der Waals surface area contributed by atoms with Gasteiger partial charge < -0.3 is 19.9 Å². The van der Waals surface area contributed by atoms with Crippen molar-refractivity contribution in [2.75, 3.05) is 14.2 Å². The fourth-order valence-electron chi connectivity index (χ4n) is 1.60. The van der Waals surface area contributed by atoms with Crippen molar-refractivity contribution in [3.63, 3.8) is 0 Å². The lowest BCUT2D eigenvalue weighted by atomic mass is 10.1. The van der Waals surface area contributed by atoms with Crippen molar-refractivity contribution < 1.29 is 23.8 Å². The Morgan fingerprint density at radius 2 is 1.85 bits per heavy atom. The Hall–Kier alpha value is -2.24. The molecule has 0 heterocycles. The van der Waals surface area contributed by atoms with Gasteiger partial charge in [0.15, 0.2) is 17.6 Å². The molecule has 6 heteroatoms. The van der Waals surface area contributed by atoms with Gasteiger partial charge in [0, 0.05) is 6.42 Å². The molecule has 1 aromatic carbocycles. The van der Waals surface area contributed by atoms with E-state index >= 15 is 0 Å². The molecule has 20 heavy (non-hydrogen) atoms. The second-order valence-corrected chi connectivity index (χ2v) is 4.22. The van der Waals surface area contributed by atoms with Gasteiger partial charge in [-0.15, -0.1) is 0 Å². The van der Waals surface area contributed by atoms with Crippen LogP contribution >= 0.6 is 0 Å². The number of primary amides is 1. The van der Waals surface area contributed by atoms with Gasteiger partial charge in [0.2, 0.25) is 0 Å². The molecule has 0 aliphatic carbocycles. The second-order valence-electron chi connectivity index (χ2n) is 4.22. The maximum absolute atomic E-state index is 11.5. The number of carbonyl (C=O) groups is 2. The van der Waals surface area contributed by atoms with Crippen LogP contribution in [0.2, 0.25) is 0 Å². The average molecular weight is 281 g/mol. The number of carbonyl (C=O) groups excluding carboxylic acids is 2. The minimum Gasteiger partial charge on any atom is -0.493 e. The van der Waals surface area contributed by atoms with Crippen LogP contribution in [0.3, 0.4) is 0 Å². The topological polar surface area (TPSA) is 87.9 Å². The molecule has 0 unspecified atom stereocenters. The lowest BCUT2D eigenvalue weighted by Gasteiger charge is -2.11. The summed E-state index contributed by atoms with van der Waals surface area (Å²) in [5, 5.41) is 0. The summed E-state index contributed by atoms with van der Waals surface area (Å²) < 4.78 is 15.2. The molecule has 0 aliphatic heterocycles. The van der Waals surface area contributed by atoms with E-state index in [1.54, 1.807) is 26.4 Å². The highest BCUT2D eigenvalue weighted by Gasteiger charge is 2.14. The van der Waals surface area contributed by atoms with Crippen molar-refractivity contribution >= 4 is 11.9 Å². The number of amides is 1. The number of nitrogens with two attached hydrogens (primary N) is 1. The molecule has 1 atom stereocenters. The molecule has 1 aromatic rings. The van der Waals surface area contributed by atoms with Crippen LogP contribution in [0, 0.1) is 0 Å². The third-order valence-corrected chi connectivity index (χ3v) is 2.77. The molecule has 1 rings (SSSR count). The van der Waals surface area contributed by atoms with Gasteiger partial charge in [0.1, 0.15) is 0 Å². The van der Waals surface area contributed by atoms with Crippen molar-refractivity contribution in [3.8, 4) is 11.5 Å². The Balaban J connectivity index is 2.57. The highest BCUT2D eigenvalue weighted by atomic mass is 16.5. The number of esters is 1. The molecular formula is C14H19NO5. The normalized spacial score (nSPS) is 11.6. The number of rotatable bonds is 7. The maximum Gasteiger partial charge on any atom is 0.306 e. The summed E-state index contributed by atoms with van der Waals surface area (Å²) in [6.45, 7) is 1.44. The molecule has 0 fully saturated rings. The number of hydrogen-bond acceptors (Lipinski definition) is 5. The molecular weight excluding hydrogens is 262 g/mol. The van der Waals surface area contributed by atoms with Gasteiger partial charge in [-0.3, -0.25) is 9.59 Å². The van der Waals surface area contributed by atoms with Crippen molar-refractivity contribution in [2.45, 2.75) is 25.9 Å². The predicted octanol–water partition coefficient (Wildman–Crippen LogP) is 1.05. The largest absolute Gasteiger partial charge is 0.493 e. The Kier molecular flexibility index (Phi) is 5.83. The monoisotopic (exact) mass is 281 g/mol. The van der Waals surface area contributed by atoms with Gasteiger partial charge in [-0.1, -0.05) is 6.07 Å². The molecule has 110 valence electrons. The molecule has 0 aliphatic rings. The summed E-state index contributed by atoms with van der Waals surface area (Å²) in [4.78, 5) is 22.3. The van der Waals surface area contributed by atoms with Crippen LogP contribution in [0.5, 0.6) is 11.5 Å². The molecule has 0 radical (unpaired) electrons. The SMILES string of the molecule is COc1ccc(CCC(=O)O[C@H](C)C(N)=O)cc1OC. The molecule has 1 amide bonds. The van der Waals surface area contributed by atoms with Crippen LogP contribution < -0.4 is 15.2 Å². The van der Waals surface area contributed by atoms with Gasteiger partial charge >= 0.3 is 5.97 Å². The van der Waals surface area contributed by atoms with E-state index in [4.69, 9.17) is 19.9 Å². The zero-order valence-corrected chi connectivity index (χ0v) is 11.8. The van der Waals surface area contributed by atoms with E-state index in [9.17, 15) is 9.59 Å². The van der Waals surface area contributed by atoms with Crippen molar-refractivity contribution in [2.24, 2.45) is 5.73 Å². The van der Waals surface area contributed by atoms with Crippen LogP contribution in [0.15, 0.2) is 18.2 Å². The lowest BCUT2D eigenvalue weighted by molar-refractivity contribution is -0.153. The minimum atomic E-state index is -0.909. The predicted molar refractivity (Wildman–Crippen MR) is 72.6 cm³/mol. The van der Waals surface area contributed by atoms with Gasteiger partial charge in [-0.25, -0.2) is 0 Å². The van der Waals surface area contributed by atoms with E-state index in [1.165, 1.54) is 6.92 Å².